The van der Waals surface area contributed by atoms with Crippen LogP contribution < -0.4 is 10.5 Å². The maximum atomic E-state index is 10.7. The number of phenols is 1. The van der Waals surface area contributed by atoms with Gasteiger partial charge in [0.1, 0.15) is 6.04 Å². The van der Waals surface area contributed by atoms with E-state index in [1.165, 1.54) is 13.2 Å². The monoisotopic (exact) mass is 323 g/mol. The summed E-state index contributed by atoms with van der Waals surface area (Å²) in [5, 5.41) is 18.4. The molecular formula is C9H10INO4. The van der Waals surface area contributed by atoms with E-state index < -0.39 is 12.0 Å². The lowest BCUT2D eigenvalue weighted by atomic mass is 10.1. The molecule has 0 aliphatic rings. The molecule has 0 bridgehead atoms. The van der Waals surface area contributed by atoms with Crippen molar-refractivity contribution in [1.82, 2.24) is 0 Å². The number of hydrogen-bond donors (Lipinski definition) is 3. The minimum absolute atomic E-state index is 0.145. The van der Waals surface area contributed by atoms with Gasteiger partial charge >= 0.3 is 5.97 Å². The first-order valence-corrected chi connectivity index (χ1v) is 5.10. The van der Waals surface area contributed by atoms with E-state index >= 15 is 0 Å². The summed E-state index contributed by atoms with van der Waals surface area (Å²) in [5.41, 5.74) is 5.56. The van der Waals surface area contributed by atoms with E-state index in [2.05, 4.69) is 0 Å². The van der Waals surface area contributed by atoms with Gasteiger partial charge in [0.25, 0.3) is 0 Å². The molecule has 1 atom stereocenters. The molecule has 0 saturated heterocycles. The molecule has 0 unspecified atom stereocenters. The zero-order valence-electron chi connectivity index (χ0n) is 7.90. The predicted octanol–water partition coefficient (Wildman–Crippen LogP) is 1.09. The molecule has 6 heteroatoms. The number of hydrogen-bond acceptors (Lipinski definition) is 4. The van der Waals surface area contributed by atoms with Gasteiger partial charge in [-0.2, -0.15) is 0 Å². The highest BCUT2D eigenvalue weighted by Crippen LogP contribution is 2.34. The van der Waals surface area contributed by atoms with Crippen molar-refractivity contribution >= 4 is 28.6 Å². The van der Waals surface area contributed by atoms with E-state index in [1.807, 2.05) is 22.6 Å². The second-order valence-electron chi connectivity index (χ2n) is 2.86. The summed E-state index contributed by atoms with van der Waals surface area (Å²) in [7, 11) is 1.39. The van der Waals surface area contributed by atoms with Gasteiger partial charge in [0.05, 0.1) is 7.11 Å². The van der Waals surface area contributed by atoms with Gasteiger partial charge in [-0.1, -0.05) is 0 Å². The summed E-state index contributed by atoms with van der Waals surface area (Å²) in [4.78, 5) is 10.7. The Morgan fingerprint density at radius 1 is 1.60 bits per heavy atom. The van der Waals surface area contributed by atoms with E-state index in [-0.39, 0.29) is 17.1 Å². The Bertz CT molecular complexity index is 394. The number of aliphatic carboxylic acids is 1. The predicted molar refractivity (Wildman–Crippen MR) is 61.9 cm³/mol. The summed E-state index contributed by atoms with van der Waals surface area (Å²) in [6, 6.07) is 1.85. The van der Waals surface area contributed by atoms with Crippen LogP contribution in [-0.4, -0.2) is 23.3 Å². The topological polar surface area (TPSA) is 92.8 Å². The van der Waals surface area contributed by atoms with Crippen molar-refractivity contribution in [3.63, 3.8) is 0 Å². The molecule has 1 aromatic carbocycles. The Morgan fingerprint density at radius 3 is 2.67 bits per heavy atom. The largest absolute Gasteiger partial charge is 0.504 e. The third kappa shape index (κ3) is 2.51. The van der Waals surface area contributed by atoms with Gasteiger partial charge in [-0.25, -0.2) is 0 Å². The number of nitrogens with two attached hydrogens (primary N) is 1. The summed E-state index contributed by atoms with van der Waals surface area (Å²) in [6.07, 6.45) is 0. The van der Waals surface area contributed by atoms with Crippen LogP contribution in [0.4, 0.5) is 0 Å². The van der Waals surface area contributed by atoms with Gasteiger partial charge in [-0.3, -0.25) is 4.79 Å². The van der Waals surface area contributed by atoms with E-state index in [9.17, 15) is 9.90 Å². The molecule has 82 valence electrons. The fourth-order valence-corrected chi connectivity index (χ4v) is 1.74. The van der Waals surface area contributed by atoms with Crippen molar-refractivity contribution in [3.8, 4) is 11.5 Å². The molecule has 0 aliphatic carbocycles. The van der Waals surface area contributed by atoms with Gasteiger partial charge < -0.3 is 20.7 Å². The Balaban J connectivity index is 3.28. The summed E-state index contributed by atoms with van der Waals surface area (Å²) in [6.45, 7) is 0. The normalized spacial score (nSPS) is 12.2. The van der Waals surface area contributed by atoms with Gasteiger partial charge in [-0.15, -0.1) is 0 Å². The lowest BCUT2D eigenvalue weighted by molar-refractivity contribution is -0.138. The van der Waals surface area contributed by atoms with E-state index in [0.29, 0.717) is 0 Å². The number of carboxylic acid groups (broad SMARTS) is 1. The number of phenolic OH excluding ortho intramolecular Hbond substituents is 1. The third-order valence-corrected chi connectivity index (χ3v) is 2.51. The van der Waals surface area contributed by atoms with Crippen molar-refractivity contribution in [3.05, 3.63) is 21.3 Å². The number of halogens is 1. The summed E-state index contributed by atoms with van der Waals surface area (Å²) >= 11 is 1.99. The molecule has 0 aliphatic heterocycles. The van der Waals surface area contributed by atoms with Crippen LogP contribution in [0.25, 0.3) is 0 Å². The van der Waals surface area contributed by atoms with Crippen LogP contribution in [-0.2, 0) is 4.79 Å². The fourth-order valence-electron chi connectivity index (χ4n) is 1.12. The van der Waals surface area contributed by atoms with Crippen LogP contribution in [0.15, 0.2) is 12.1 Å². The second kappa shape index (κ2) is 4.67. The zero-order chi connectivity index (χ0) is 11.6. The molecule has 0 spiro atoms. The van der Waals surface area contributed by atoms with Crippen molar-refractivity contribution < 1.29 is 19.7 Å². The van der Waals surface area contributed by atoms with Crippen LogP contribution in [0.1, 0.15) is 11.6 Å². The van der Waals surface area contributed by atoms with Crippen LogP contribution in [0, 0.1) is 3.57 Å². The standard InChI is InChI=1S/C9H10INO4/c1-15-6-3-4(10)2-5(8(6)12)7(11)9(13)14/h2-3,7,12H,11H2,1H3,(H,13,14)/t7-/m0/s1. The lowest BCUT2D eigenvalue weighted by Crippen LogP contribution is -2.21. The minimum atomic E-state index is -1.26. The Labute approximate surface area is 100.0 Å². The van der Waals surface area contributed by atoms with Gasteiger partial charge in [-0.05, 0) is 34.7 Å². The fraction of sp³-hybridized carbons (Fsp3) is 0.222. The Kier molecular flexibility index (Phi) is 3.75. The Morgan fingerprint density at radius 2 is 2.20 bits per heavy atom. The van der Waals surface area contributed by atoms with Crippen LogP contribution >= 0.6 is 22.6 Å². The minimum Gasteiger partial charge on any atom is -0.504 e. The first kappa shape index (κ1) is 12.1. The van der Waals surface area contributed by atoms with Gasteiger partial charge in [0.15, 0.2) is 11.5 Å². The summed E-state index contributed by atoms with van der Waals surface area (Å²) in [5.74, 6) is -1.21. The Hall–Kier alpha value is -1.02. The third-order valence-electron chi connectivity index (χ3n) is 1.89. The van der Waals surface area contributed by atoms with E-state index in [0.717, 1.165) is 3.57 Å². The summed E-state index contributed by atoms with van der Waals surface area (Å²) < 4.78 is 5.64. The van der Waals surface area contributed by atoms with Crippen LogP contribution in [0.3, 0.4) is 0 Å². The number of methoxy groups -OCH3 is 1. The molecule has 0 fully saturated rings. The number of aromatic hydroxyl groups is 1. The number of rotatable bonds is 3. The van der Waals surface area contributed by atoms with Crippen LogP contribution in [0.5, 0.6) is 11.5 Å². The number of carboxylic acids is 1. The number of ether oxygens (including phenoxy) is 1. The molecule has 4 N–H and O–H groups in total. The molecule has 0 aromatic heterocycles. The first-order chi connectivity index (χ1) is 6.97. The molecule has 0 heterocycles. The van der Waals surface area contributed by atoms with E-state index in [4.69, 9.17) is 15.6 Å². The molecule has 5 nitrogen and oxygen atoms in total. The molecule has 1 aromatic rings. The lowest BCUT2D eigenvalue weighted by Gasteiger charge is -2.12. The number of carbonyl (C=O) groups is 1. The first-order valence-electron chi connectivity index (χ1n) is 4.02. The second-order valence-corrected chi connectivity index (χ2v) is 4.11. The quantitative estimate of drug-likeness (QED) is 0.724. The molecule has 1 rings (SSSR count). The van der Waals surface area contributed by atoms with Gasteiger partial charge in [0.2, 0.25) is 0 Å². The number of benzene rings is 1. The molecular weight excluding hydrogens is 313 g/mol. The van der Waals surface area contributed by atoms with Crippen molar-refractivity contribution in [2.75, 3.05) is 7.11 Å². The van der Waals surface area contributed by atoms with Crippen molar-refractivity contribution in [2.45, 2.75) is 6.04 Å². The highest BCUT2D eigenvalue weighted by Gasteiger charge is 2.21. The average molecular weight is 323 g/mol. The average Bonchev–Trinajstić information content (AvgIpc) is 2.19. The maximum absolute atomic E-state index is 10.7. The zero-order valence-corrected chi connectivity index (χ0v) is 10.1. The highest BCUT2D eigenvalue weighted by atomic mass is 127. The molecule has 0 radical (unpaired) electrons. The molecule has 15 heavy (non-hydrogen) atoms. The van der Waals surface area contributed by atoms with E-state index in [1.54, 1.807) is 6.07 Å². The maximum Gasteiger partial charge on any atom is 0.325 e. The molecule has 0 amide bonds. The van der Waals surface area contributed by atoms with Crippen molar-refractivity contribution in [1.29, 1.82) is 0 Å². The highest BCUT2D eigenvalue weighted by molar-refractivity contribution is 14.1. The van der Waals surface area contributed by atoms with Crippen molar-refractivity contribution in [2.24, 2.45) is 5.73 Å². The SMILES string of the molecule is COc1cc(I)cc([C@H](N)C(=O)O)c1O. The molecule has 0 saturated carbocycles. The smallest absolute Gasteiger partial charge is 0.325 e. The van der Waals surface area contributed by atoms with Gasteiger partial charge in [0, 0.05) is 9.13 Å². The van der Waals surface area contributed by atoms with Crippen LogP contribution in [0.2, 0.25) is 0 Å².